The van der Waals surface area contributed by atoms with Gasteiger partial charge in [0.05, 0.1) is 0 Å². The molecule has 0 saturated carbocycles. The molecular weight excluding hydrogens is 314 g/mol. The molecule has 20 heavy (non-hydrogen) atoms. The second kappa shape index (κ2) is 6.95. The summed E-state index contributed by atoms with van der Waals surface area (Å²) < 4.78 is 7.57. The van der Waals surface area contributed by atoms with Gasteiger partial charge in [0.1, 0.15) is 11.4 Å². The van der Waals surface area contributed by atoms with E-state index in [2.05, 4.69) is 60.2 Å². The first-order valence-electron chi connectivity index (χ1n) is 7.86. The molecule has 1 aliphatic rings. The summed E-state index contributed by atoms with van der Waals surface area (Å²) in [6.07, 6.45) is 5.76. The third-order valence-electron chi connectivity index (χ3n) is 4.33. The fraction of sp³-hybridized carbons (Fsp3) is 0.647. The van der Waals surface area contributed by atoms with Crippen LogP contribution in [0.25, 0.3) is 0 Å². The Bertz CT molecular complexity index is 449. The molecule has 0 aromatic heterocycles. The molecule has 0 bridgehead atoms. The molecule has 1 N–H and O–H groups in total. The third-order valence-corrected chi connectivity index (χ3v) is 4.82. The monoisotopic (exact) mass is 339 g/mol. The molecule has 112 valence electrons. The standard InChI is InChI=1S/C17H26BrNO/c1-4-7-10-17(5-2)12-15(19-6-3)14-11-13(18)8-9-16(14)20-17/h8-9,11,15,19H,4-7,10,12H2,1-3H3. The smallest absolute Gasteiger partial charge is 0.125 e. The molecule has 0 radical (unpaired) electrons. The van der Waals surface area contributed by atoms with E-state index in [-0.39, 0.29) is 5.60 Å². The van der Waals surface area contributed by atoms with Crippen LogP contribution in [0.5, 0.6) is 5.75 Å². The first kappa shape index (κ1) is 15.8. The topological polar surface area (TPSA) is 21.3 Å². The van der Waals surface area contributed by atoms with Crippen LogP contribution in [0.4, 0.5) is 0 Å². The highest BCUT2D eigenvalue weighted by Crippen LogP contribution is 2.44. The second-order valence-electron chi connectivity index (χ2n) is 5.74. The molecule has 1 aromatic rings. The Morgan fingerprint density at radius 3 is 2.80 bits per heavy atom. The number of ether oxygens (including phenoxy) is 1. The highest BCUT2D eigenvalue weighted by molar-refractivity contribution is 9.10. The van der Waals surface area contributed by atoms with Gasteiger partial charge in [0.2, 0.25) is 0 Å². The van der Waals surface area contributed by atoms with Crippen molar-refractivity contribution in [2.24, 2.45) is 0 Å². The van der Waals surface area contributed by atoms with Crippen molar-refractivity contribution in [3.8, 4) is 5.75 Å². The SMILES string of the molecule is CCCCC1(CC)CC(NCC)c2cc(Br)ccc2O1. The summed E-state index contributed by atoms with van der Waals surface area (Å²) >= 11 is 3.57. The number of hydrogen-bond donors (Lipinski definition) is 1. The zero-order chi connectivity index (χ0) is 14.6. The predicted molar refractivity (Wildman–Crippen MR) is 88.4 cm³/mol. The Labute approximate surface area is 131 Å². The number of fused-ring (bicyclic) bond motifs is 1. The minimum atomic E-state index is 0.00365. The summed E-state index contributed by atoms with van der Waals surface area (Å²) in [6, 6.07) is 6.78. The van der Waals surface area contributed by atoms with Crippen molar-refractivity contribution in [1.29, 1.82) is 0 Å². The fourth-order valence-electron chi connectivity index (χ4n) is 3.12. The van der Waals surface area contributed by atoms with Crippen molar-refractivity contribution in [2.45, 2.75) is 64.5 Å². The molecule has 0 spiro atoms. The predicted octanol–water partition coefficient (Wildman–Crippen LogP) is 5.22. The molecule has 1 aliphatic heterocycles. The number of rotatable bonds is 6. The molecule has 3 heteroatoms. The quantitative estimate of drug-likeness (QED) is 0.766. The van der Waals surface area contributed by atoms with Gasteiger partial charge in [0, 0.05) is 22.5 Å². The van der Waals surface area contributed by atoms with Crippen LogP contribution < -0.4 is 10.1 Å². The Hall–Kier alpha value is -0.540. The minimum Gasteiger partial charge on any atom is -0.487 e. The third kappa shape index (κ3) is 3.37. The molecule has 1 heterocycles. The number of nitrogens with one attached hydrogen (secondary N) is 1. The van der Waals surface area contributed by atoms with Gasteiger partial charge in [-0.15, -0.1) is 0 Å². The molecule has 2 atom stereocenters. The van der Waals surface area contributed by atoms with Crippen LogP contribution in [0.3, 0.4) is 0 Å². The van der Waals surface area contributed by atoms with Crippen molar-refractivity contribution in [1.82, 2.24) is 5.32 Å². The number of unbranched alkanes of at least 4 members (excludes halogenated alkanes) is 1. The zero-order valence-corrected chi connectivity index (χ0v) is 14.4. The number of benzene rings is 1. The molecule has 1 aromatic carbocycles. The van der Waals surface area contributed by atoms with Crippen LogP contribution in [0, 0.1) is 0 Å². The largest absolute Gasteiger partial charge is 0.487 e. The summed E-state index contributed by atoms with van der Waals surface area (Å²) in [6.45, 7) is 7.67. The van der Waals surface area contributed by atoms with Crippen LogP contribution in [0.1, 0.15) is 64.5 Å². The van der Waals surface area contributed by atoms with E-state index in [9.17, 15) is 0 Å². The van der Waals surface area contributed by atoms with Crippen molar-refractivity contribution < 1.29 is 4.74 Å². The Morgan fingerprint density at radius 1 is 1.35 bits per heavy atom. The molecular formula is C17H26BrNO. The van der Waals surface area contributed by atoms with Crippen LogP contribution >= 0.6 is 15.9 Å². The zero-order valence-electron chi connectivity index (χ0n) is 12.8. The average Bonchev–Trinajstić information content (AvgIpc) is 2.46. The van der Waals surface area contributed by atoms with Crippen LogP contribution in [-0.4, -0.2) is 12.1 Å². The summed E-state index contributed by atoms with van der Waals surface area (Å²) in [5.74, 6) is 1.06. The molecule has 0 aliphatic carbocycles. The minimum absolute atomic E-state index is 0.00365. The Balaban J connectivity index is 2.31. The van der Waals surface area contributed by atoms with E-state index in [1.165, 1.54) is 18.4 Å². The van der Waals surface area contributed by atoms with Crippen molar-refractivity contribution in [3.05, 3.63) is 28.2 Å². The van der Waals surface area contributed by atoms with Crippen LogP contribution in [0.2, 0.25) is 0 Å². The Morgan fingerprint density at radius 2 is 2.15 bits per heavy atom. The van der Waals surface area contributed by atoms with Gasteiger partial charge in [0.25, 0.3) is 0 Å². The van der Waals surface area contributed by atoms with E-state index in [0.29, 0.717) is 6.04 Å². The lowest BCUT2D eigenvalue weighted by atomic mass is 9.82. The summed E-state index contributed by atoms with van der Waals surface area (Å²) in [5.41, 5.74) is 1.30. The van der Waals surface area contributed by atoms with E-state index < -0.39 is 0 Å². The molecule has 2 nitrogen and oxygen atoms in total. The average molecular weight is 340 g/mol. The van der Waals surface area contributed by atoms with Gasteiger partial charge < -0.3 is 10.1 Å². The lowest BCUT2D eigenvalue weighted by molar-refractivity contribution is 0.0167. The van der Waals surface area contributed by atoms with Gasteiger partial charge in [-0.25, -0.2) is 0 Å². The van der Waals surface area contributed by atoms with E-state index in [1.54, 1.807) is 0 Å². The van der Waals surface area contributed by atoms with Crippen molar-refractivity contribution in [2.75, 3.05) is 6.54 Å². The van der Waals surface area contributed by atoms with Crippen molar-refractivity contribution in [3.63, 3.8) is 0 Å². The van der Waals surface area contributed by atoms with E-state index in [0.717, 1.165) is 36.0 Å². The van der Waals surface area contributed by atoms with E-state index in [1.807, 2.05) is 0 Å². The summed E-state index contributed by atoms with van der Waals surface area (Å²) in [7, 11) is 0. The second-order valence-corrected chi connectivity index (χ2v) is 6.65. The van der Waals surface area contributed by atoms with Gasteiger partial charge in [-0.05, 0) is 44.0 Å². The normalized spacial score (nSPS) is 25.1. The van der Waals surface area contributed by atoms with Gasteiger partial charge in [-0.3, -0.25) is 0 Å². The molecule has 0 amide bonds. The molecule has 2 unspecified atom stereocenters. The highest BCUT2D eigenvalue weighted by Gasteiger charge is 2.38. The summed E-state index contributed by atoms with van der Waals surface area (Å²) in [4.78, 5) is 0. The number of hydrogen-bond acceptors (Lipinski definition) is 2. The van der Waals surface area contributed by atoms with E-state index >= 15 is 0 Å². The van der Waals surface area contributed by atoms with Gasteiger partial charge in [-0.2, -0.15) is 0 Å². The van der Waals surface area contributed by atoms with Gasteiger partial charge in [0.15, 0.2) is 0 Å². The maximum Gasteiger partial charge on any atom is 0.125 e. The molecule has 0 saturated heterocycles. The van der Waals surface area contributed by atoms with Gasteiger partial charge in [-0.1, -0.05) is 43.1 Å². The maximum absolute atomic E-state index is 6.44. The summed E-state index contributed by atoms with van der Waals surface area (Å²) in [5, 5.41) is 3.63. The lowest BCUT2D eigenvalue weighted by Crippen LogP contribution is -2.43. The molecule has 0 fully saturated rings. The maximum atomic E-state index is 6.44. The van der Waals surface area contributed by atoms with E-state index in [4.69, 9.17) is 4.74 Å². The van der Waals surface area contributed by atoms with Crippen molar-refractivity contribution >= 4 is 15.9 Å². The lowest BCUT2D eigenvalue weighted by Gasteiger charge is -2.42. The van der Waals surface area contributed by atoms with Gasteiger partial charge >= 0.3 is 0 Å². The fourth-order valence-corrected chi connectivity index (χ4v) is 3.49. The number of halogens is 1. The van der Waals surface area contributed by atoms with Crippen LogP contribution in [0.15, 0.2) is 22.7 Å². The van der Waals surface area contributed by atoms with Crippen LogP contribution in [-0.2, 0) is 0 Å². The molecule has 2 rings (SSSR count). The highest BCUT2D eigenvalue weighted by atomic mass is 79.9. The first-order valence-corrected chi connectivity index (χ1v) is 8.65. The Kier molecular flexibility index (Phi) is 5.50. The first-order chi connectivity index (χ1) is 9.64.